The highest BCUT2D eigenvalue weighted by atomic mass is 16.5. The third-order valence-electron chi connectivity index (χ3n) is 5.50. The molecule has 5 heteroatoms. The van der Waals surface area contributed by atoms with Crippen LogP contribution in [0, 0.1) is 13.8 Å². The molecule has 2 aliphatic rings. The second kappa shape index (κ2) is 6.89. The lowest BCUT2D eigenvalue weighted by atomic mass is 10.1. The minimum Gasteiger partial charge on any atom is -0.379 e. The molecular formula is C20H28N4O. The van der Waals surface area contributed by atoms with Gasteiger partial charge in [-0.2, -0.15) is 5.10 Å². The fraction of sp³-hybridized carbons (Fsp3) is 0.600. The predicted octanol–water partition coefficient (Wildman–Crippen LogP) is 3.54. The largest absolute Gasteiger partial charge is 0.379 e. The van der Waals surface area contributed by atoms with Crippen molar-refractivity contribution in [1.29, 1.82) is 0 Å². The van der Waals surface area contributed by atoms with E-state index in [0.717, 1.165) is 50.1 Å². The lowest BCUT2D eigenvalue weighted by Crippen LogP contribution is -2.39. The van der Waals surface area contributed by atoms with Crippen LogP contribution < -0.4 is 0 Å². The number of rotatable bonds is 5. The first-order valence-electron chi connectivity index (χ1n) is 9.53. The Morgan fingerprint density at radius 2 is 1.92 bits per heavy atom. The highest BCUT2D eigenvalue weighted by Crippen LogP contribution is 2.39. The Bertz CT molecular complexity index is 744. The molecule has 0 N–H and O–H groups in total. The van der Waals surface area contributed by atoms with Gasteiger partial charge in [-0.25, -0.2) is 9.67 Å². The van der Waals surface area contributed by atoms with Gasteiger partial charge >= 0.3 is 0 Å². The molecule has 0 unspecified atom stereocenters. The number of benzene rings is 1. The highest BCUT2D eigenvalue weighted by Gasteiger charge is 2.32. The fourth-order valence-electron chi connectivity index (χ4n) is 3.61. The molecule has 2 heterocycles. The van der Waals surface area contributed by atoms with Gasteiger partial charge in [0.15, 0.2) is 5.82 Å². The van der Waals surface area contributed by atoms with Gasteiger partial charge in [0.05, 0.1) is 24.9 Å². The van der Waals surface area contributed by atoms with Crippen molar-refractivity contribution in [3.8, 4) is 5.69 Å². The summed E-state index contributed by atoms with van der Waals surface area (Å²) in [5.74, 6) is 2.68. The van der Waals surface area contributed by atoms with E-state index in [1.807, 2.05) is 0 Å². The van der Waals surface area contributed by atoms with E-state index in [4.69, 9.17) is 14.8 Å². The molecule has 1 aliphatic heterocycles. The van der Waals surface area contributed by atoms with Crippen molar-refractivity contribution < 1.29 is 4.74 Å². The number of nitrogens with zero attached hydrogens (tertiary/aromatic N) is 4. The fourth-order valence-corrected chi connectivity index (χ4v) is 3.61. The second-order valence-corrected chi connectivity index (χ2v) is 7.36. The van der Waals surface area contributed by atoms with Gasteiger partial charge in [-0.15, -0.1) is 0 Å². The maximum atomic E-state index is 5.54. The maximum Gasteiger partial charge on any atom is 0.154 e. The van der Waals surface area contributed by atoms with Crippen LogP contribution in [-0.2, 0) is 4.74 Å². The number of aromatic nitrogens is 3. The van der Waals surface area contributed by atoms with Crippen LogP contribution in [0.15, 0.2) is 18.2 Å². The third kappa shape index (κ3) is 3.35. The molecule has 0 radical (unpaired) electrons. The number of hydrogen-bond acceptors (Lipinski definition) is 4. The minimum absolute atomic E-state index is 0.297. The molecule has 0 amide bonds. The van der Waals surface area contributed by atoms with Crippen LogP contribution in [0.5, 0.6) is 0 Å². The van der Waals surface area contributed by atoms with Gasteiger partial charge in [0.25, 0.3) is 0 Å². The van der Waals surface area contributed by atoms with E-state index >= 15 is 0 Å². The average Bonchev–Trinajstić information content (AvgIpc) is 3.39. The number of morpholine rings is 1. The zero-order valence-electron chi connectivity index (χ0n) is 15.5. The van der Waals surface area contributed by atoms with Gasteiger partial charge < -0.3 is 4.74 Å². The zero-order chi connectivity index (χ0) is 17.4. The van der Waals surface area contributed by atoms with Crippen molar-refractivity contribution in [1.82, 2.24) is 19.7 Å². The molecule has 1 aromatic carbocycles. The highest BCUT2D eigenvalue weighted by molar-refractivity contribution is 5.40. The molecule has 134 valence electrons. The Hall–Kier alpha value is -1.72. The Morgan fingerprint density at radius 3 is 2.56 bits per heavy atom. The van der Waals surface area contributed by atoms with E-state index in [1.54, 1.807) is 0 Å². The standard InChI is InChI=1S/C20H28N4O/c1-4-18(23-9-11-25-12-10-23)20-21-19(16-6-7-16)22-24(20)17-8-5-14(2)15(3)13-17/h5,8,13,16,18H,4,6-7,9-12H2,1-3H3/t18-/m1/s1. The second-order valence-electron chi connectivity index (χ2n) is 7.36. The smallest absolute Gasteiger partial charge is 0.154 e. The summed E-state index contributed by atoms with van der Waals surface area (Å²) in [6.45, 7) is 10.1. The van der Waals surface area contributed by atoms with Crippen molar-refractivity contribution in [3.05, 3.63) is 41.0 Å². The molecule has 2 fully saturated rings. The summed E-state index contributed by atoms with van der Waals surface area (Å²) >= 11 is 0. The van der Waals surface area contributed by atoms with E-state index < -0.39 is 0 Å². The number of ether oxygens (including phenoxy) is 1. The zero-order valence-corrected chi connectivity index (χ0v) is 15.5. The summed E-state index contributed by atoms with van der Waals surface area (Å²) in [6.07, 6.45) is 3.49. The SMILES string of the molecule is CC[C@H](c1nc(C2CC2)nn1-c1ccc(C)c(C)c1)N1CCOCC1. The topological polar surface area (TPSA) is 43.2 Å². The molecule has 1 saturated carbocycles. The molecular weight excluding hydrogens is 312 g/mol. The molecule has 1 saturated heterocycles. The molecule has 5 nitrogen and oxygen atoms in total. The Morgan fingerprint density at radius 1 is 1.16 bits per heavy atom. The van der Waals surface area contributed by atoms with Gasteiger partial charge in [-0.1, -0.05) is 13.0 Å². The quantitative estimate of drug-likeness (QED) is 0.835. The van der Waals surface area contributed by atoms with Crippen molar-refractivity contribution in [2.75, 3.05) is 26.3 Å². The van der Waals surface area contributed by atoms with Crippen molar-refractivity contribution in [3.63, 3.8) is 0 Å². The molecule has 1 atom stereocenters. The van der Waals surface area contributed by atoms with E-state index in [-0.39, 0.29) is 0 Å². The van der Waals surface area contributed by atoms with Gasteiger partial charge in [0.1, 0.15) is 5.82 Å². The summed E-state index contributed by atoms with van der Waals surface area (Å²) in [5, 5.41) is 4.92. The van der Waals surface area contributed by atoms with Crippen LogP contribution in [-0.4, -0.2) is 46.0 Å². The van der Waals surface area contributed by atoms with Gasteiger partial charge in [0, 0.05) is 19.0 Å². The Balaban J connectivity index is 1.75. The van der Waals surface area contributed by atoms with Crippen LogP contribution in [0.25, 0.3) is 5.69 Å². The van der Waals surface area contributed by atoms with E-state index in [9.17, 15) is 0 Å². The first kappa shape index (κ1) is 16.7. The van der Waals surface area contributed by atoms with Crippen molar-refractivity contribution in [2.45, 2.75) is 52.0 Å². The van der Waals surface area contributed by atoms with Crippen molar-refractivity contribution in [2.24, 2.45) is 0 Å². The van der Waals surface area contributed by atoms with Gasteiger partial charge in [-0.05, 0) is 56.4 Å². The Labute approximate surface area is 150 Å². The Kier molecular flexibility index (Phi) is 4.61. The summed E-state index contributed by atoms with van der Waals surface area (Å²) in [5.41, 5.74) is 3.74. The number of aryl methyl sites for hydroxylation is 2. The van der Waals surface area contributed by atoms with Crippen LogP contribution in [0.3, 0.4) is 0 Å². The van der Waals surface area contributed by atoms with E-state index in [2.05, 4.69) is 48.6 Å². The van der Waals surface area contributed by atoms with Crippen LogP contribution in [0.2, 0.25) is 0 Å². The normalized spacial score (nSPS) is 20.0. The van der Waals surface area contributed by atoms with E-state index in [1.165, 1.54) is 24.0 Å². The van der Waals surface area contributed by atoms with Crippen molar-refractivity contribution >= 4 is 0 Å². The average molecular weight is 340 g/mol. The third-order valence-corrected chi connectivity index (χ3v) is 5.50. The monoisotopic (exact) mass is 340 g/mol. The molecule has 1 aliphatic carbocycles. The number of hydrogen-bond donors (Lipinski definition) is 0. The molecule has 1 aromatic heterocycles. The first-order valence-corrected chi connectivity index (χ1v) is 9.53. The lowest BCUT2D eigenvalue weighted by molar-refractivity contribution is 0.0129. The summed E-state index contributed by atoms with van der Waals surface area (Å²) < 4.78 is 7.64. The molecule has 0 bridgehead atoms. The molecule has 25 heavy (non-hydrogen) atoms. The van der Waals surface area contributed by atoms with Crippen LogP contribution in [0.4, 0.5) is 0 Å². The lowest BCUT2D eigenvalue weighted by Gasteiger charge is -2.33. The molecule has 2 aromatic rings. The summed E-state index contributed by atoms with van der Waals surface area (Å²) in [7, 11) is 0. The van der Waals surface area contributed by atoms with E-state index in [0.29, 0.717) is 12.0 Å². The molecule has 4 rings (SSSR count). The van der Waals surface area contributed by atoms with Gasteiger partial charge in [0.2, 0.25) is 0 Å². The maximum absolute atomic E-state index is 5.54. The first-order chi connectivity index (χ1) is 12.2. The van der Waals surface area contributed by atoms with Gasteiger partial charge in [-0.3, -0.25) is 4.90 Å². The van der Waals surface area contributed by atoms with Crippen LogP contribution in [0.1, 0.15) is 60.9 Å². The molecule has 0 spiro atoms. The predicted molar refractivity (Wildman–Crippen MR) is 98.2 cm³/mol. The summed E-state index contributed by atoms with van der Waals surface area (Å²) in [6, 6.07) is 6.88. The minimum atomic E-state index is 0.297. The van der Waals surface area contributed by atoms with Crippen LogP contribution >= 0.6 is 0 Å². The summed E-state index contributed by atoms with van der Waals surface area (Å²) in [4.78, 5) is 7.52.